The molecule has 1 saturated heterocycles. The number of nitrogens with one attached hydrogen (secondary N) is 3. The molecule has 0 aliphatic carbocycles. The van der Waals surface area contributed by atoms with Crippen LogP contribution in [0, 0.1) is 13.8 Å². The smallest absolute Gasteiger partial charge is 0.246 e. The number of anilines is 2. The van der Waals surface area contributed by atoms with Crippen LogP contribution in [0.3, 0.4) is 0 Å². The van der Waals surface area contributed by atoms with Gasteiger partial charge < -0.3 is 34.6 Å². The second kappa shape index (κ2) is 21.9. The van der Waals surface area contributed by atoms with Crippen molar-refractivity contribution in [3.05, 3.63) is 130 Å². The number of likely N-dealkylation sites (tertiary alicyclic amines) is 1. The van der Waals surface area contributed by atoms with E-state index in [4.69, 9.17) is 8.83 Å². The van der Waals surface area contributed by atoms with E-state index in [1.54, 1.807) is 60.6 Å². The standard InChI is InChI=1S/C27H30N4O3.C23H23N3O3.C2H7N/c1-18-22(21-7-3-4-8-24(21)34-18)17-30(2)25(32)12-9-19-15-20-10-11-23(31-13-5-6-14-31)27(33)29-26(20)28-16-19;1-15-19(18-7-3-4-8-20(18)29-15)14-26(2)22(28)11-10-16-12-17-6-5-9-21(27)25-23(17)24-13-16;1-3-2/h3-4,7-9,12,15-16,23H,5-6,10-11,13-14,17H2,1-2H3,(H,28,29,33);3-4,7-8,10-13H,5-6,9,14H2,1-2H3,(H,24,25,27);3H,1-2H3/b12-9+;11-10+;. The summed E-state index contributed by atoms with van der Waals surface area (Å²) in [5.74, 6) is 2.75. The molecule has 4 amide bonds. The van der Waals surface area contributed by atoms with E-state index in [0.717, 1.165) is 118 Å². The molecule has 2 aromatic carbocycles. The quantitative estimate of drug-likeness (QED) is 0.121. The molecule has 9 rings (SSSR count). The van der Waals surface area contributed by atoms with Gasteiger partial charge in [0.05, 0.1) is 6.04 Å². The average molecular weight is 893 g/mol. The summed E-state index contributed by atoms with van der Waals surface area (Å²) in [7, 11) is 7.32. The van der Waals surface area contributed by atoms with Crippen molar-refractivity contribution < 1.29 is 28.0 Å². The molecule has 344 valence electrons. The number of likely N-dealkylation sites (N-methyl/N-ethyl adjacent to an activating group) is 2. The van der Waals surface area contributed by atoms with E-state index in [-0.39, 0.29) is 29.7 Å². The minimum atomic E-state index is -0.0991. The van der Waals surface area contributed by atoms with Crippen LogP contribution in [0.4, 0.5) is 11.6 Å². The zero-order valence-electron chi connectivity index (χ0n) is 38.8. The first kappa shape index (κ1) is 47.1. The van der Waals surface area contributed by atoms with E-state index >= 15 is 0 Å². The molecular weight excluding hydrogens is 833 g/mol. The molecule has 0 bridgehead atoms. The maximum atomic E-state index is 12.8. The fourth-order valence-electron chi connectivity index (χ4n) is 8.56. The highest BCUT2D eigenvalue weighted by molar-refractivity contribution is 5.96. The summed E-state index contributed by atoms with van der Waals surface area (Å²) in [5, 5.41) is 10.6. The Kier molecular flexibility index (Phi) is 15.6. The van der Waals surface area contributed by atoms with Crippen molar-refractivity contribution in [1.82, 2.24) is 30.0 Å². The lowest BCUT2D eigenvalue weighted by atomic mass is 10.0. The molecule has 1 atom stereocenters. The van der Waals surface area contributed by atoms with Crippen LogP contribution in [0.1, 0.15) is 77.0 Å². The number of carbonyl (C=O) groups excluding carboxylic acids is 4. The molecular formula is C52H60N8O6. The van der Waals surface area contributed by atoms with E-state index in [1.807, 2.05) is 88.6 Å². The largest absolute Gasteiger partial charge is 0.461 e. The van der Waals surface area contributed by atoms with Crippen molar-refractivity contribution in [3.63, 3.8) is 0 Å². The van der Waals surface area contributed by atoms with Crippen molar-refractivity contribution in [1.29, 1.82) is 0 Å². The average Bonchev–Trinajstić information content (AvgIpc) is 3.96. The lowest BCUT2D eigenvalue weighted by Crippen LogP contribution is -2.41. The number of fused-ring (bicyclic) bond motifs is 4. The molecule has 14 heteroatoms. The Labute approximate surface area is 386 Å². The van der Waals surface area contributed by atoms with Gasteiger partial charge in [0.2, 0.25) is 23.6 Å². The number of benzene rings is 2. The first-order chi connectivity index (χ1) is 31.9. The van der Waals surface area contributed by atoms with Crippen LogP contribution >= 0.6 is 0 Å². The van der Waals surface area contributed by atoms with E-state index in [2.05, 4.69) is 30.8 Å². The Hall–Kier alpha value is -6.90. The number of rotatable bonds is 9. The first-order valence-corrected chi connectivity index (χ1v) is 22.6. The number of hydrogen-bond acceptors (Lipinski definition) is 10. The number of furan rings is 2. The van der Waals surface area contributed by atoms with Crippen molar-refractivity contribution in [2.75, 3.05) is 51.9 Å². The SMILES string of the molecule is CNC.Cc1oc2ccccc2c1CN(C)C(=O)/C=C/c1cnc2c(c1)CCC(N1CCCC1)C(=O)N2.Cc1oc2ccccc2c1CN(C)C(=O)/C=C/c1cnc2c(c1)CCCC(=O)N2. The number of para-hydroxylation sites is 2. The lowest BCUT2D eigenvalue weighted by Gasteiger charge is -2.24. The predicted octanol–water partition coefficient (Wildman–Crippen LogP) is 8.08. The maximum absolute atomic E-state index is 12.8. The summed E-state index contributed by atoms with van der Waals surface area (Å²) in [6.07, 6.45) is 16.0. The van der Waals surface area contributed by atoms with E-state index < -0.39 is 0 Å². The third-order valence-electron chi connectivity index (χ3n) is 12.1. The molecule has 7 heterocycles. The highest BCUT2D eigenvalue weighted by Gasteiger charge is 2.31. The number of aryl methyl sites for hydroxylation is 4. The third kappa shape index (κ3) is 11.5. The van der Waals surface area contributed by atoms with Gasteiger partial charge in [-0.3, -0.25) is 24.1 Å². The predicted molar refractivity (Wildman–Crippen MR) is 259 cm³/mol. The number of nitrogens with zero attached hydrogens (tertiary/aromatic N) is 5. The zero-order valence-corrected chi connectivity index (χ0v) is 38.8. The number of aromatic nitrogens is 2. The van der Waals surface area contributed by atoms with Gasteiger partial charge in [0.1, 0.15) is 34.3 Å². The van der Waals surface area contributed by atoms with Crippen molar-refractivity contribution >= 4 is 69.4 Å². The molecule has 4 aromatic heterocycles. The summed E-state index contributed by atoms with van der Waals surface area (Å²) >= 11 is 0. The van der Waals surface area contributed by atoms with Gasteiger partial charge in [0.25, 0.3) is 0 Å². The van der Waals surface area contributed by atoms with Crippen LogP contribution in [0.15, 0.2) is 94.0 Å². The molecule has 0 radical (unpaired) electrons. The molecule has 1 unspecified atom stereocenters. The third-order valence-corrected chi connectivity index (χ3v) is 12.1. The number of hydrogen-bond donors (Lipinski definition) is 3. The van der Waals surface area contributed by atoms with Gasteiger partial charge >= 0.3 is 0 Å². The van der Waals surface area contributed by atoms with E-state index in [0.29, 0.717) is 31.1 Å². The molecule has 0 spiro atoms. The second-order valence-electron chi connectivity index (χ2n) is 17.1. The van der Waals surface area contributed by atoms with Crippen LogP contribution in [0.2, 0.25) is 0 Å². The maximum Gasteiger partial charge on any atom is 0.246 e. The van der Waals surface area contributed by atoms with Crippen LogP contribution < -0.4 is 16.0 Å². The van der Waals surface area contributed by atoms with Gasteiger partial charge in [-0.25, -0.2) is 9.97 Å². The van der Waals surface area contributed by atoms with E-state index in [1.165, 1.54) is 0 Å². The minimum Gasteiger partial charge on any atom is -0.461 e. The zero-order chi connectivity index (χ0) is 46.7. The normalized spacial score (nSPS) is 16.1. The Bertz CT molecular complexity index is 2760. The summed E-state index contributed by atoms with van der Waals surface area (Å²) in [4.78, 5) is 64.2. The van der Waals surface area contributed by atoms with Gasteiger partial charge in [-0.2, -0.15) is 0 Å². The molecule has 3 aliphatic rings. The lowest BCUT2D eigenvalue weighted by molar-refractivity contribution is -0.126. The molecule has 3 aliphatic heterocycles. The topological polar surface area (TPSA) is 166 Å². The molecule has 14 nitrogen and oxygen atoms in total. The Balaban J connectivity index is 0.000000188. The number of pyridine rings is 2. The minimum absolute atomic E-state index is 0.00147. The van der Waals surface area contributed by atoms with Crippen molar-refractivity contribution in [3.8, 4) is 0 Å². The Morgan fingerprint density at radius 1 is 0.727 bits per heavy atom. The molecule has 1 fully saturated rings. The van der Waals surface area contributed by atoms with Crippen LogP contribution in [0.5, 0.6) is 0 Å². The fourth-order valence-corrected chi connectivity index (χ4v) is 8.56. The summed E-state index contributed by atoms with van der Waals surface area (Å²) in [6.45, 7) is 6.76. The highest BCUT2D eigenvalue weighted by atomic mass is 16.3. The first-order valence-electron chi connectivity index (χ1n) is 22.6. The Morgan fingerprint density at radius 3 is 1.74 bits per heavy atom. The molecule has 6 aromatic rings. The van der Waals surface area contributed by atoms with E-state index in [9.17, 15) is 19.2 Å². The fraction of sp³-hybridized carbons (Fsp3) is 0.346. The second-order valence-corrected chi connectivity index (χ2v) is 17.1. The molecule has 0 saturated carbocycles. The van der Waals surface area contributed by atoms with Crippen molar-refractivity contribution in [2.45, 2.75) is 77.9 Å². The summed E-state index contributed by atoms with van der Waals surface area (Å²) in [6, 6.07) is 19.6. The van der Waals surface area contributed by atoms with Gasteiger partial charge in [-0.1, -0.05) is 36.4 Å². The summed E-state index contributed by atoms with van der Waals surface area (Å²) < 4.78 is 11.6. The van der Waals surface area contributed by atoms with Crippen LogP contribution in [0.25, 0.3) is 34.1 Å². The number of carbonyl (C=O) groups is 4. The molecule has 3 N–H and O–H groups in total. The van der Waals surface area contributed by atoms with Gasteiger partial charge in [0.15, 0.2) is 0 Å². The Morgan fingerprint density at radius 2 is 1.21 bits per heavy atom. The van der Waals surface area contributed by atoms with Gasteiger partial charge in [-0.05, 0) is 138 Å². The van der Waals surface area contributed by atoms with Crippen molar-refractivity contribution in [2.24, 2.45) is 0 Å². The monoisotopic (exact) mass is 892 g/mol. The van der Waals surface area contributed by atoms with Crippen LogP contribution in [-0.2, 0) is 45.1 Å². The van der Waals surface area contributed by atoms with Crippen LogP contribution in [-0.4, -0.2) is 95.6 Å². The highest BCUT2D eigenvalue weighted by Crippen LogP contribution is 2.29. The molecule has 66 heavy (non-hydrogen) atoms. The van der Waals surface area contributed by atoms with Gasteiger partial charge in [0, 0.05) is 80.1 Å². The van der Waals surface area contributed by atoms with Gasteiger partial charge in [-0.15, -0.1) is 0 Å². The summed E-state index contributed by atoms with van der Waals surface area (Å²) in [5.41, 5.74) is 7.41. The number of amides is 4.